The van der Waals surface area contributed by atoms with Crippen molar-refractivity contribution in [3.63, 3.8) is 0 Å². The van der Waals surface area contributed by atoms with Gasteiger partial charge in [0.25, 0.3) is 0 Å². The number of nitrogens with zero attached hydrogens (tertiary/aromatic N) is 2. The lowest BCUT2D eigenvalue weighted by Gasteiger charge is -2.34. The van der Waals surface area contributed by atoms with Gasteiger partial charge in [-0.05, 0) is 96.2 Å². The molecule has 8 heteroatoms. The van der Waals surface area contributed by atoms with Gasteiger partial charge in [0.15, 0.2) is 0 Å². The summed E-state index contributed by atoms with van der Waals surface area (Å²) in [7, 11) is 0. The van der Waals surface area contributed by atoms with Crippen LogP contribution in [0.3, 0.4) is 0 Å². The van der Waals surface area contributed by atoms with Crippen LogP contribution in [0, 0.1) is 0 Å². The quantitative estimate of drug-likeness (QED) is 0.213. The Morgan fingerprint density at radius 2 is 0.940 bits per heavy atom. The van der Waals surface area contributed by atoms with Crippen LogP contribution in [0.1, 0.15) is 70.9 Å². The van der Waals surface area contributed by atoms with Gasteiger partial charge in [-0.3, -0.25) is 19.2 Å². The van der Waals surface area contributed by atoms with Crippen LogP contribution in [0.2, 0.25) is 0 Å². The zero-order valence-electron chi connectivity index (χ0n) is 27.9. The zero-order valence-corrected chi connectivity index (χ0v) is 27.9. The minimum absolute atomic E-state index is 0.0557. The van der Waals surface area contributed by atoms with Crippen molar-refractivity contribution in [3.8, 4) is 0 Å². The first-order valence-electron chi connectivity index (χ1n) is 17.7. The Morgan fingerprint density at radius 1 is 0.540 bits per heavy atom. The lowest BCUT2D eigenvalue weighted by Crippen LogP contribution is -2.47. The molecule has 8 nitrogen and oxygen atoms in total. The Kier molecular flexibility index (Phi) is 8.53. The molecule has 2 aliphatic carbocycles. The summed E-state index contributed by atoms with van der Waals surface area (Å²) in [5.41, 5.74) is 7.96. The fourth-order valence-corrected chi connectivity index (χ4v) is 7.96. The van der Waals surface area contributed by atoms with E-state index in [4.69, 9.17) is 0 Å². The summed E-state index contributed by atoms with van der Waals surface area (Å²) in [6, 6.07) is 30.5. The molecular formula is C42H40N4O4. The van der Waals surface area contributed by atoms with Crippen LogP contribution in [-0.2, 0) is 32.0 Å². The van der Waals surface area contributed by atoms with E-state index in [0.29, 0.717) is 37.3 Å². The van der Waals surface area contributed by atoms with Gasteiger partial charge in [0.05, 0.1) is 11.8 Å². The number of carbonyl (C=O) groups excluding carboxylic acids is 4. The van der Waals surface area contributed by atoms with Crippen LogP contribution in [0.15, 0.2) is 97.1 Å². The van der Waals surface area contributed by atoms with Gasteiger partial charge in [-0.15, -0.1) is 0 Å². The average Bonchev–Trinajstić information content (AvgIpc) is 3.81. The van der Waals surface area contributed by atoms with Gasteiger partial charge in [-0.25, -0.2) is 0 Å². The second kappa shape index (κ2) is 13.4. The monoisotopic (exact) mass is 664 g/mol. The van der Waals surface area contributed by atoms with Crippen molar-refractivity contribution >= 4 is 47.2 Å². The molecule has 4 amide bonds. The van der Waals surface area contributed by atoms with E-state index in [1.165, 1.54) is 11.1 Å². The molecular weight excluding hydrogens is 624 g/mol. The first-order valence-corrected chi connectivity index (χ1v) is 17.7. The molecule has 50 heavy (non-hydrogen) atoms. The highest BCUT2D eigenvalue weighted by atomic mass is 16.2. The summed E-state index contributed by atoms with van der Waals surface area (Å²) < 4.78 is 0. The summed E-state index contributed by atoms with van der Waals surface area (Å²) in [4.78, 5) is 56.6. The fourth-order valence-electron chi connectivity index (χ4n) is 7.96. The molecule has 0 aromatic heterocycles. The molecule has 2 saturated heterocycles. The second-order valence-corrected chi connectivity index (χ2v) is 13.8. The van der Waals surface area contributed by atoms with E-state index in [2.05, 4.69) is 22.8 Å². The van der Waals surface area contributed by atoms with Crippen molar-refractivity contribution in [2.24, 2.45) is 0 Å². The SMILES string of the molecule is O=C(Nc1ccc(C=Cc2ccc(NC(=O)[C@@H]3CCCN3C(=O)C3Cc4ccccc43)cc2)cc1)[C@@H]1CCCN1C(=O)C1Cc2ccccc21. The molecule has 2 unspecified atom stereocenters. The van der Waals surface area contributed by atoms with E-state index in [1.54, 1.807) is 9.80 Å². The number of rotatable bonds is 8. The topological polar surface area (TPSA) is 98.8 Å². The highest BCUT2D eigenvalue weighted by Gasteiger charge is 2.42. The van der Waals surface area contributed by atoms with Crippen LogP contribution in [0.25, 0.3) is 12.2 Å². The third-order valence-corrected chi connectivity index (χ3v) is 10.8. The molecule has 2 fully saturated rings. The van der Waals surface area contributed by atoms with Gasteiger partial charge in [-0.1, -0.05) is 84.9 Å². The minimum atomic E-state index is -0.451. The number of anilines is 2. The van der Waals surface area contributed by atoms with Crippen molar-refractivity contribution in [1.29, 1.82) is 0 Å². The molecule has 0 radical (unpaired) electrons. The van der Waals surface area contributed by atoms with E-state index in [1.807, 2.05) is 97.1 Å². The maximum Gasteiger partial charge on any atom is 0.247 e. The van der Waals surface area contributed by atoms with E-state index in [0.717, 1.165) is 47.9 Å². The number of hydrogen-bond donors (Lipinski definition) is 2. The Bertz CT molecular complexity index is 1840. The number of nitrogens with one attached hydrogen (secondary N) is 2. The number of likely N-dealkylation sites (tertiary alicyclic amines) is 2. The molecule has 4 aromatic rings. The van der Waals surface area contributed by atoms with Gasteiger partial charge >= 0.3 is 0 Å². The summed E-state index contributed by atoms with van der Waals surface area (Å²) in [5, 5.41) is 6.03. The maximum absolute atomic E-state index is 13.3. The Balaban J connectivity index is 0.829. The molecule has 0 spiro atoms. The van der Waals surface area contributed by atoms with Crippen molar-refractivity contribution in [1.82, 2.24) is 9.80 Å². The van der Waals surface area contributed by atoms with E-state index < -0.39 is 12.1 Å². The molecule has 2 heterocycles. The zero-order chi connectivity index (χ0) is 34.2. The first kappa shape index (κ1) is 31.7. The number of amides is 4. The predicted octanol–water partition coefficient (Wildman–Crippen LogP) is 6.40. The smallest absolute Gasteiger partial charge is 0.247 e. The highest BCUT2D eigenvalue weighted by Crippen LogP contribution is 2.39. The van der Waals surface area contributed by atoms with Gasteiger partial charge in [0.2, 0.25) is 23.6 Å². The highest BCUT2D eigenvalue weighted by molar-refractivity contribution is 6.00. The third kappa shape index (κ3) is 6.10. The molecule has 2 N–H and O–H groups in total. The molecule has 4 atom stereocenters. The third-order valence-electron chi connectivity index (χ3n) is 10.8. The number of fused-ring (bicyclic) bond motifs is 2. The largest absolute Gasteiger partial charge is 0.330 e. The summed E-state index contributed by atoms with van der Waals surface area (Å²) >= 11 is 0. The van der Waals surface area contributed by atoms with Crippen LogP contribution in [-0.4, -0.2) is 58.6 Å². The van der Waals surface area contributed by atoms with E-state index in [-0.39, 0.29) is 35.5 Å². The lowest BCUT2D eigenvalue weighted by atomic mass is 9.77. The Morgan fingerprint density at radius 3 is 1.34 bits per heavy atom. The van der Waals surface area contributed by atoms with Gasteiger partial charge < -0.3 is 20.4 Å². The van der Waals surface area contributed by atoms with Crippen LogP contribution in [0.5, 0.6) is 0 Å². The lowest BCUT2D eigenvalue weighted by molar-refractivity contribution is -0.138. The molecule has 8 rings (SSSR count). The number of hydrogen-bond acceptors (Lipinski definition) is 4. The molecule has 0 saturated carbocycles. The summed E-state index contributed by atoms with van der Waals surface area (Å²) in [6.45, 7) is 1.23. The van der Waals surface area contributed by atoms with Gasteiger partial charge in [0.1, 0.15) is 12.1 Å². The number of benzene rings is 4. The molecule has 252 valence electrons. The van der Waals surface area contributed by atoms with Crippen LogP contribution < -0.4 is 10.6 Å². The van der Waals surface area contributed by atoms with Gasteiger partial charge in [-0.2, -0.15) is 0 Å². The van der Waals surface area contributed by atoms with E-state index >= 15 is 0 Å². The summed E-state index contributed by atoms with van der Waals surface area (Å²) in [6.07, 6.45) is 8.47. The van der Waals surface area contributed by atoms with Crippen LogP contribution >= 0.6 is 0 Å². The fraction of sp³-hybridized carbons (Fsp3) is 0.286. The second-order valence-electron chi connectivity index (χ2n) is 13.8. The van der Waals surface area contributed by atoms with Crippen molar-refractivity contribution in [2.45, 2.75) is 62.4 Å². The molecule has 4 aliphatic rings. The van der Waals surface area contributed by atoms with Crippen LogP contribution in [0.4, 0.5) is 11.4 Å². The first-order chi connectivity index (χ1) is 24.4. The van der Waals surface area contributed by atoms with E-state index in [9.17, 15) is 19.2 Å². The normalized spacial score (nSPS) is 21.9. The average molecular weight is 665 g/mol. The predicted molar refractivity (Wildman–Crippen MR) is 194 cm³/mol. The minimum Gasteiger partial charge on any atom is -0.330 e. The molecule has 4 aromatic carbocycles. The van der Waals surface area contributed by atoms with Crippen molar-refractivity contribution in [3.05, 3.63) is 130 Å². The Hall–Kier alpha value is -5.50. The van der Waals surface area contributed by atoms with Gasteiger partial charge in [0, 0.05) is 24.5 Å². The maximum atomic E-state index is 13.3. The molecule has 2 aliphatic heterocycles. The summed E-state index contributed by atoms with van der Waals surface area (Å²) in [5.74, 6) is -0.459. The standard InChI is InChI=1S/C42H40N4O4/c47-39(37-11-5-23-45(37)41(49)35-25-29-7-1-3-9-33(29)35)43-31-19-15-27(16-20-31)13-14-28-17-21-32(22-18-28)44-40(48)38-12-6-24-46(38)42(50)36-26-30-8-2-4-10-34(30)36/h1-4,7-10,13-22,35-38H,5-6,11-12,23-26H2,(H,43,47)(H,44,48)/t35?,36?,37-,38-/m0/s1. The Labute approximate surface area is 292 Å². The van der Waals surface area contributed by atoms with Crippen molar-refractivity contribution in [2.75, 3.05) is 23.7 Å². The molecule has 0 bridgehead atoms. The van der Waals surface area contributed by atoms with Crippen molar-refractivity contribution < 1.29 is 19.2 Å². The number of carbonyl (C=O) groups is 4.